The summed E-state index contributed by atoms with van der Waals surface area (Å²) in [6.45, 7) is 2.79. The van der Waals surface area contributed by atoms with E-state index in [1.54, 1.807) is 6.92 Å². The van der Waals surface area contributed by atoms with E-state index in [2.05, 4.69) is 4.74 Å². The Bertz CT molecular complexity index is 259. The standard InChI is InChI=1S/C10H16O5/c1-3-15-9(14)10(2,8(12)13)6-4-5-7-11/h4,6,11H,3,5,7H2,1-2H3,(H,12,13)/p-1. The third-order valence-electron chi connectivity index (χ3n) is 1.87. The number of aliphatic carboxylic acids is 1. The molecular weight excluding hydrogens is 200 g/mol. The number of esters is 1. The van der Waals surface area contributed by atoms with Gasteiger partial charge >= 0.3 is 5.97 Å². The number of rotatable bonds is 6. The number of hydrogen-bond acceptors (Lipinski definition) is 5. The second kappa shape index (κ2) is 6.19. The van der Waals surface area contributed by atoms with Crippen molar-refractivity contribution in [3.05, 3.63) is 12.2 Å². The lowest BCUT2D eigenvalue weighted by atomic mass is 9.90. The Balaban J connectivity index is 4.73. The van der Waals surface area contributed by atoms with E-state index in [-0.39, 0.29) is 19.6 Å². The molecule has 0 aromatic heterocycles. The number of aliphatic hydroxyl groups excluding tert-OH is 1. The van der Waals surface area contributed by atoms with Gasteiger partial charge in [-0.3, -0.25) is 4.79 Å². The fourth-order valence-electron chi connectivity index (χ4n) is 0.894. The molecule has 0 aliphatic heterocycles. The van der Waals surface area contributed by atoms with E-state index >= 15 is 0 Å². The average Bonchev–Trinajstić information content (AvgIpc) is 2.18. The van der Waals surface area contributed by atoms with Crippen LogP contribution >= 0.6 is 0 Å². The van der Waals surface area contributed by atoms with Gasteiger partial charge in [-0.15, -0.1) is 0 Å². The minimum atomic E-state index is -1.79. The first-order chi connectivity index (χ1) is 6.99. The summed E-state index contributed by atoms with van der Waals surface area (Å²) in [5, 5.41) is 19.3. The number of ether oxygens (including phenoxy) is 1. The second-order valence-electron chi connectivity index (χ2n) is 3.12. The van der Waals surface area contributed by atoms with Gasteiger partial charge in [0, 0.05) is 6.61 Å². The van der Waals surface area contributed by atoms with Crippen molar-refractivity contribution in [2.75, 3.05) is 13.2 Å². The Morgan fingerprint density at radius 3 is 2.53 bits per heavy atom. The first kappa shape index (κ1) is 13.6. The topological polar surface area (TPSA) is 86.7 Å². The molecule has 0 bridgehead atoms. The molecule has 0 aliphatic rings. The summed E-state index contributed by atoms with van der Waals surface area (Å²) in [5.41, 5.74) is -1.79. The fraction of sp³-hybridized carbons (Fsp3) is 0.600. The van der Waals surface area contributed by atoms with Gasteiger partial charge < -0.3 is 19.7 Å². The Hall–Kier alpha value is -1.36. The van der Waals surface area contributed by atoms with Crippen LogP contribution in [0.5, 0.6) is 0 Å². The highest BCUT2D eigenvalue weighted by Gasteiger charge is 2.33. The van der Waals surface area contributed by atoms with Crippen molar-refractivity contribution in [3.63, 3.8) is 0 Å². The zero-order valence-corrected chi connectivity index (χ0v) is 8.86. The molecule has 1 atom stereocenters. The molecule has 0 rings (SSSR count). The molecule has 0 aromatic rings. The maximum atomic E-state index is 11.3. The molecule has 0 heterocycles. The molecule has 1 unspecified atom stereocenters. The zero-order chi connectivity index (χ0) is 11.9. The van der Waals surface area contributed by atoms with Crippen LogP contribution in [0.2, 0.25) is 0 Å². The van der Waals surface area contributed by atoms with E-state index in [4.69, 9.17) is 5.11 Å². The van der Waals surface area contributed by atoms with E-state index in [1.165, 1.54) is 19.1 Å². The minimum absolute atomic E-state index is 0.107. The largest absolute Gasteiger partial charge is 0.549 e. The normalized spacial score (nSPS) is 14.9. The van der Waals surface area contributed by atoms with Gasteiger partial charge in [0.05, 0.1) is 12.6 Å². The molecular formula is C10H15O5-. The number of carboxylic acids is 1. The van der Waals surface area contributed by atoms with Crippen molar-refractivity contribution in [1.82, 2.24) is 0 Å². The van der Waals surface area contributed by atoms with Crippen LogP contribution in [-0.4, -0.2) is 30.3 Å². The zero-order valence-electron chi connectivity index (χ0n) is 8.86. The fourth-order valence-corrected chi connectivity index (χ4v) is 0.894. The Kier molecular flexibility index (Phi) is 5.62. The molecule has 0 saturated heterocycles. The summed E-state index contributed by atoms with van der Waals surface area (Å²) in [4.78, 5) is 22.1. The molecule has 5 heteroatoms. The number of hydrogen-bond donors (Lipinski definition) is 1. The Morgan fingerprint density at radius 2 is 2.13 bits per heavy atom. The smallest absolute Gasteiger partial charge is 0.321 e. The van der Waals surface area contributed by atoms with E-state index in [0.717, 1.165) is 0 Å². The summed E-state index contributed by atoms with van der Waals surface area (Å²) in [7, 11) is 0. The maximum absolute atomic E-state index is 11.3. The van der Waals surface area contributed by atoms with Crippen LogP contribution in [0, 0.1) is 5.41 Å². The highest BCUT2D eigenvalue weighted by atomic mass is 16.5. The van der Waals surface area contributed by atoms with Crippen LogP contribution in [-0.2, 0) is 14.3 Å². The van der Waals surface area contributed by atoms with E-state index in [0.29, 0.717) is 0 Å². The first-order valence-corrected chi connectivity index (χ1v) is 4.66. The Morgan fingerprint density at radius 1 is 1.53 bits per heavy atom. The molecule has 0 saturated carbocycles. The number of carboxylic acid groups (broad SMARTS) is 1. The minimum Gasteiger partial charge on any atom is -0.549 e. The van der Waals surface area contributed by atoms with Gasteiger partial charge in [-0.1, -0.05) is 12.2 Å². The predicted octanol–water partition coefficient (Wildman–Crippen LogP) is -0.756. The summed E-state index contributed by atoms with van der Waals surface area (Å²) in [5.74, 6) is -2.38. The number of carbonyl (C=O) groups excluding carboxylic acids is 2. The van der Waals surface area contributed by atoms with Gasteiger partial charge in [-0.05, 0) is 20.3 Å². The second-order valence-corrected chi connectivity index (χ2v) is 3.12. The van der Waals surface area contributed by atoms with Crippen LogP contribution in [0.1, 0.15) is 20.3 Å². The van der Waals surface area contributed by atoms with Gasteiger partial charge in [-0.2, -0.15) is 0 Å². The Labute approximate surface area is 88.4 Å². The molecule has 5 nitrogen and oxygen atoms in total. The van der Waals surface area contributed by atoms with Crippen molar-refractivity contribution in [2.45, 2.75) is 20.3 Å². The predicted molar refractivity (Wildman–Crippen MR) is 50.6 cm³/mol. The number of aliphatic hydroxyl groups is 1. The highest BCUT2D eigenvalue weighted by Crippen LogP contribution is 2.20. The van der Waals surface area contributed by atoms with Crippen molar-refractivity contribution < 1.29 is 24.5 Å². The molecule has 0 amide bonds. The van der Waals surface area contributed by atoms with Gasteiger partial charge in [0.2, 0.25) is 0 Å². The van der Waals surface area contributed by atoms with Crippen molar-refractivity contribution >= 4 is 11.9 Å². The molecule has 86 valence electrons. The molecule has 0 aliphatic carbocycles. The molecule has 0 radical (unpaired) electrons. The molecule has 0 spiro atoms. The van der Waals surface area contributed by atoms with Crippen LogP contribution < -0.4 is 5.11 Å². The van der Waals surface area contributed by atoms with Crippen molar-refractivity contribution in [2.24, 2.45) is 5.41 Å². The SMILES string of the molecule is CCOC(=O)C(C)(C=CCCO)C(=O)[O-]. The lowest BCUT2D eigenvalue weighted by Crippen LogP contribution is -2.45. The lowest BCUT2D eigenvalue weighted by Gasteiger charge is -2.24. The van der Waals surface area contributed by atoms with E-state index in [9.17, 15) is 14.7 Å². The van der Waals surface area contributed by atoms with E-state index in [1.807, 2.05) is 0 Å². The van der Waals surface area contributed by atoms with Crippen molar-refractivity contribution in [3.8, 4) is 0 Å². The van der Waals surface area contributed by atoms with Gasteiger partial charge in [-0.25, -0.2) is 0 Å². The van der Waals surface area contributed by atoms with E-state index < -0.39 is 17.4 Å². The molecule has 1 N–H and O–H groups in total. The third-order valence-corrected chi connectivity index (χ3v) is 1.87. The monoisotopic (exact) mass is 215 g/mol. The average molecular weight is 215 g/mol. The van der Waals surface area contributed by atoms with Gasteiger partial charge in [0.15, 0.2) is 0 Å². The molecule has 15 heavy (non-hydrogen) atoms. The van der Waals surface area contributed by atoms with Crippen LogP contribution in [0.4, 0.5) is 0 Å². The quantitative estimate of drug-likeness (QED) is 0.357. The highest BCUT2D eigenvalue weighted by molar-refractivity contribution is 6.00. The summed E-state index contributed by atoms with van der Waals surface area (Å²) in [6, 6.07) is 0. The van der Waals surface area contributed by atoms with Gasteiger partial charge in [0.25, 0.3) is 0 Å². The summed E-state index contributed by atoms with van der Waals surface area (Å²) < 4.78 is 4.63. The first-order valence-electron chi connectivity index (χ1n) is 4.66. The molecule has 0 aromatic carbocycles. The van der Waals surface area contributed by atoms with Crippen molar-refractivity contribution in [1.29, 1.82) is 0 Å². The maximum Gasteiger partial charge on any atom is 0.321 e. The lowest BCUT2D eigenvalue weighted by molar-refractivity contribution is -0.314. The third kappa shape index (κ3) is 3.71. The van der Waals surface area contributed by atoms with Crippen LogP contribution in [0.25, 0.3) is 0 Å². The summed E-state index contributed by atoms with van der Waals surface area (Å²) in [6.07, 6.45) is 2.87. The number of carbonyl (C=O) groups is 2. The van der Waals surface area contributed by atoms with Gasteiger partial charge in [0.1, 0.15) is 5.41 Å². The van der Waals surface area contributed by atoms with Crippen LogP contribution in [0.15, 0.2) is 12.2 Å². The summed E-state index contributed by atoms with van der Waals surface area (Å²) >= 11 is 0. The van der Waals surface area contributed by atoms with Crippen LogP contribution in [0.3, 0.4) is 0 Å². The molecule has 0 fully saturated rings.